The number of sulfonamides is 1. The molecule has 0 amide bonds. The first-order valence-electron chi connectivity index (χ1n) is 6.81. The van der Waals surface area contributed by atoms with E-state index in [-0.39, 0.29) is 5.92 Å². The van der Waals surface area contributed by atoms with Crippen molar-refractivity contribution in [2.75, 3.05) is 19.6 Å². The maximum absolute atomic E-state index is 12.6. The number of nitrogens with zero attached hydrogens (tertiary/aromatic N) is 3. The Morgan fingerprint density at radius 2 is 2.32 bits per heavy atom. The quantitative estimate of drug-likeness (QED) is 0.862. The molecule has 0 aromatic carbocycles. The minimum atomic E-state index is -3.44. The molecule has 6 nitrogen and oxygen atoms in total. The van der Waals surface area contributed by atoms with E-state index >= 15 is 0 Å². The molecule has 1 aliphatic rings. The van der Waals surface area contributed by atoms with E-state index in [1.165, 1.54) is 0 Å². The van der Waals surface area contributed by atoms with Gasteiger partial charge < -0.3 is 5.73 Å². The smallest absolute Gasteiger partial charge is 0.260 e. The Morgan fingerprint density at radius 3 is 3.00 bits per heavy atom. The highest BCUT2D eigenvalue weighted by Gasteiger charge is 2.31. The summed E-state index contributed by atoms with van der Waals surface area (Å²) in [6.45, 7) is 4.27. The van der Waals surface area contributed by atoms with E-state index in [0.717, 1.165) is 19.3 Å². The summed E-state index contributed by atoms with van der Waals surface area (Å²) >= 11 is 0. The molecule has 0 saturated carbocycles. The van der Waals surface area contributed by atoms with Gasteiger partial charge in [0.2, 0.25) is 0 Å². The summed E-state index contributed by atoms with van der Waals surface area (Å²) in [5, 5.41) is 4.39. The molecule has 1 fully saturated rings. The van der Waals surface area contributed by atoms with Crippen LogP contribution in [0.15, 0.2) is 17.3 Å². The zero-order chi connectivity index (χ0) is 13.9. The minimum Gasteiger partial charge on any atom is -0.330 e. The van der Waals surface area contributed by atoms with Gasteiger partial charge in [0.25, 0.3) is 10.0 Å². The van der Waals surface area contributed by atoms with Gasteiger partial charge in [0.15, 0.2) is 5.03 Å². The highest BCUT2D eigenvalue weighted by Crippen LogP contribution is 2.23. The number of hydrogen-bond donors (Lipinski definition) is 1. The first-order valence-corrected chi connectivity index (χ1v) is 8.25. The summed E-state index contributed by atoms with van der Waals surface area (Å²) in [6, 6.07) is 1.58. The lowest BCUT2D eigenvalue weighted by molar-refractivity contribution is 0.269. The van der Waals surface area contributed by atoms with Gasteiger partial charge in [-0.15, -0.1) is 0 Å². The van der Waals surface area contributed by atoms with Gasteiger partial charge in [-0.25, -0.2) is 8.42 Å². The zero-order valence-electron chi connectivity index (χ0n) is 11.3. The molecule has 1 unspecified atom stereocenters. The van der Waals surface area contributed by atoms with Crippen LogP contribution in [0, 0.1) is 5.92 Å². The summed E-state index contributed by atoms with van der Waals surface area (Å²) in [5.41, 5.74) is 5.67. The molecule has 2 N–H and O–H groups in total. The Hall–Kier alpha value is -0.920. The van der Waals surface area contributed by atoms with Crippen LogP contribution in [0.5, 0.6) is 0 Å². The zero-order valence-corrected chi connectivity index (χ0v) is 12.1. The second-order valence-electron chi connectivity index (χ2n) is 5.00. The Kier molecular flexibility index (Phi) is 4.59. The molecule has 1 atom stereocenters. The molecule has 1 aromatic rings. The standard InChI is InChI=1S/C12H22N4O2S/c1-2-7-16-12(5-6-14-16)19(17,18)15-8-3-4-11(9-13)10-15/h5-6,11H,2-4,7-10,13H2,1H3. The summed E-state index contributed by atoms with van der Waals surface area (Å²) in [5.74, 6) is 0.270. The minimum absolute atomic E-state index is 0.270. The van der Waals surface area contributed by atoms with Crippen LogP contribution in [-0.4, -0.2) is 42.1 Å². The maximum Gasteiger partial charge on any atom is 0.260 e. The van der Waals surface area contributed by atoms with Crippen LogP contribution in [0.4, 0.5) is 0 Å². The molecule has 19 heavy (non-hydrogen) atoms. The number of piperidine rings is 1. The van der Waals surface area contributed by atoms with Crippen molar-refractivity contribution in [3.05, 3.63) is 12.3 Å². The third kappa shape index (κ3) is 2.98. The van der Waals surface area contributed by atoms with Crippen LogP contribution >= 0.6 is 0 Å². The SMILES string of the molecule is CCCn1nccc1S(=O)(=O)N1CCCC(CN)C1. The molecular formula is C12H22N4O2S. The van der Waals surface area contributed by atoms with Crippen LogP contribution < -0.4 is 5.73 Å². The number of nitrogens with two attached hydrogens (primary N) is 1. The molecular weight excluding hydrogens is 264 g/mol. The van der Waals surface area contributed by atoms with Gasteiger partial charge in [-0.2, -0.15) is 9.40 Å². The lowest BCUT2D eigenvalue weighted by Crippen LogP contribution is -2.42. The predicted molar refractivity (Wildman–Crippen MR) is 73.1 cm³/mol. The topological polar surface area (TPSA) is 81.2 Å². The third-order valence-corrected chi connectivity index (χ3v) is 5.42. The van der Waals surface area contributed by atoms with Crippen molar-refractivity contribution in [1.29, 1.82) is 0 Å². The number of hydrogen-bond acceptors (Lipinski definition) is 4. The van der Waals surface area contributed by atoms with E-state index in [4.69, 9.17) is 5.73 Å². The summed E-state index contributed by atoms with van der Waals surface area (Å²) in [7, 11) is -3.44. The van der Waals surface area contributed by atoms with Gasteiger partial charge >= 0.3 is 0 Å². The monoisotopic (exact) mass is 286 g/mol. The van der Waals surface area contributed by atoms with Crippen molar-refractivity contribution in [3.8, 4) is 0 Å². The highest BCUT2D eigenvalue weighted by molar-refractivity contribution is 7.89. The van der Waals surface area contributed by atoms with Gasteiger partial charge in [-0.1, -0.05) is 6.92 Å². The van der Waals surface area contributed by atoms with Gasteiger partial charge in [0.1, 0.15) is 0 Å². The molecule has 0 spiro atoms. The van der Waals surface area contributed by atoms with Crippen molar-refractivity contribution in [3.63, 3.8) is 0 Å². The summed E-state index contributed by atoms with van der Waals surface area (Å²) < 4.78 is 28.4. The molecule has 1 aromatic heterocycles. The average molecular weight is 286 g/mol. The summed E-state index contributed by atoms with van der Waals surface area (Å²) in [4.78, 5) is 0. The molecule has 2 heterocycles. The van der Waals surface area contributed by atoms with E-state index in [9.17, 15) is 8.42 Å². The Morgan fingerprint density at radius 1 is 1.53 bits per heavy atom. The Bertz CT molecular complexity index is 512. The third-order valence-electron chi connectivity index (χ3n) is 3.53. The molecule has 0 bridgehead atoms. The second kappa shape index (κ2) is 6.02. The van der Waals surface area contributed by atoms with Crippen molar-refractivity contribution < 1.29 is 8.42 Å². The van der Waals surface area contributed by atoms with Crippen LogP contribution in [0.2, 0.25) is 0 Å². The fourth-order valence-corrected chi connectivity index (χ4v) is 4.17. The summed E-state index contributed by atoms with van der Waals surface area (Å²) in [6.07, 6.45) is 4.29. The first-order chi connectivity index (χ1) is 9.09. The molecule has 1 saturated heterocycles. The van der Waals surface area contributed by atoms with Gasteiger partial charge in [-0.05, 0) is 37.8 Å². The second-order valence-corrected chi connectivity index (χ2v) is 6.88. The average Bonchev–Trinajstić information content (AvgIpc) is 2.88. The molecule has 1 aliphatic heterocycles. The van der Waals surface area contributed by atoms with Crippen LogP contribution in [0.1, 0.15) is 26.2 Å². The molecule has 0 radical (unpaired) electrons. The van der Waals surface area contributed by atoms with Crippen LogP contribution in [-0.2, 0) is 16.6 Å². The van der Waals surface area contributed by atoms with Crippen molar-refractivity contribution in [2.45, 2.75) is 37.8 Å². The van der Waals surface area contributed by atoms with Crippen molar-refractivity contribution in [2.24, 2.45) is 11.7 Å². The van der Waals surface area contributed by atoms with Gasteiger partial charge in [0.05, 0.1) is 6.20 Å². The molecule has 108 valence electrons. The van der Waals surface area contributed by atoms with Gasteiger partial charge in [-0.3, -0.25) is 4.68 Å². The Balaban J connectivity index is 2.23. The maximum atomic E-state index is 12.6. The molecule has 7 heteroatoms. The van der Waals surface area contributed by atoms with Crippen molar-refractivity contribution >= 4 is 10.0 Å². The van der Waals surface area contributed by atoms with Crippen LogP contribution in [0.3, 0.4) is 0 Å². The van der Waals surface area contributed by atoms with Crippen LogP contribution in [0.25, 0.3) is 0 Å². The fraction of sp³-hybridized carbons (Fsp3) is 0.750. The Labute approximate surface area is 114 Å². The fourth-order valence-electron chi connectivity index (χ4n) is 2.49. The molecule has 0 aliphatic carbocycles. The van der Waals surface area contributed by atoms with E-state index < -0.39 is 10.0 Å². The normalized spacial score (nSPS) is 21.7. The van der Waals surface area contributed by atoms with Gasteiger partial charge in [0, 0.05) is 19.6 Å². The van der Waals surface area contributed by atoms with Crippen molar-refractivity contribution in [1.82, 2.24) is 14.1 Å². The van der Waals surface area contributed by atoms with E-state index in [2.05, 4.69) is 5.10 Å². The predicted octanol–water partition coefficient (Wildman–Crippen LogP) is 0.653. The van der Waals surface area contributed by atoms with E-state index in [1.807, 2.05) is 6.92 Å². The lowest BCUT2D eigenvalue weighted by Gasteiger charge is -2.31. The molecule has 2 rings (SSSR count). The highest BCUT2D eigenvalue weighted by atomic mass is 32.2. The largest absolute Gasteiger partial charge is 0.330 e. The number of aryl methyl sites for hydroxylation is 1. The number of rotatable bonds is 5. The first kappa shape index (κ1) is 14.5. The van der Waals surface area contributed by atoms with E-state index in [0.29, 0.717) is 31.2 Å². The number of aromatic nitrogens is 2. The van der Waals surface area contributed by atoms with E-state index in [1.54, 1.807) is 21.3 Å². The lowest BCUT2D eigenvalue weighted by atomic mass is 10.0.